The third-order valence-electron chi connectivity index (χ3n) is 4.96. The molecule has 0 bridgehead atoms. The molecule has 0 amide bonds. The smallest absolute Gasteiger partial charge is 0.0141 e. The Morgan fingerprint density at radius 3 is 2.39 bits per heavy atom. The van der Waals surface area contributed by atoms with Crippen LogP contribution in [0, 0.1) is 17.8 Å². The first kappa shape index (κ1) is 14.3. The van der Waals surface area contributed by atoms with E-state index in [-0.39, 0.29) is 0 Å². The van der Waals surface area contributed by atoms with Gasteiger partial charge < -0.3 is 5.73 Å². The van der Waals surface area contributed by atoms with E-state index in [9.17, 15) is 0 Å². The summed E-state index contributed by atoms with van der Waals surface area (Å²) in [6, 6.07) is 1.67. The summed E-state index contributed by atoms with van der Waals surface area (Å²) in [6.07, 6.45) is 8.39. The number of hydrogen-bond acceptors (Lipinski definition) is 2. The van der Waals surface area contributed by atoms with Crippen LogP contribution in [0.3, 0.4) is 0 Å². The molecule has 2 aliphatic rings. The first-order valence-electron chi connectivity index (χ1n) is 8.11. The van der Waals surface area contributed by atoms with E-state index in [0.717, 1.165) is 36.4 Å². The van der Waals surface area contributed by atoms with E-state index in [2.05, 4.69) is 25.7 Å². The lowest BCUT2D eigenvalue weighted by atomic mass is 9.76. The van der Waals surface area contributed by atoms with Gasteiger partial charge in [0.2, 0.25) is 0 Å². The van der Waals surface area contributed by atoms with Gasteiger partial charge in [0.15, 0.2) is 0 Å². The molecule has 0 aromatic heterocycles. The lowest BCUT2D eigenvalue weighted by Crippen LogP contribution is -2.49. The quantitative estimate of drug-likeness (QED) is 0.786. The molecule has 0 heterocycles. The van der Waals surface area contributed by atoms with E-state index in [1.807, 2.05) is 0 Å². The van der Waals surface area contributed by atoms with Gasteiger partial charge in [0.05, 0.1) is 0 Å². The van der Waals surface area contributed by atoms with Gasteiger partial charge in [-0.3, -0.25) is 4.90 Å². The molecule has 0 aliphatic heterocycles. The average Bonchev–Trinajstić information content (AvgIpc) is 3.19. The summed E-state index contributed by atoms with van der Waals surface area (Å²) in [4.78, 5) is 2.84. The fourth-order valence-corrected chi connectivity index (χ4v) is 3.73. The molecule has 2 fully saturated rings. The Morgan fingerprint density at radius 2 is 1.89 bits per heavy atom. The third-order valence-corrected chi connectivity index (χ3v) is 4.96. The largest absolute Gasteiger partial charge is 0.330 e. The molecule has 0 aromatic rings. The van der Waals surface area contributed by atoms with Crippen LogP contribution >= 0.6 is 0 Å². The van der Waals surface area contributed by atoms with E-state index < -0.39 is 0 Å². The van der Waals surface area contributed by atoms with Crippen molar-refractivity contribution in [2.45, 2.75) is 71.4 Å². The second-order valence-corrected chi connectivity index (χ2v) is 6.97. The Bertz CT molecular complexity index is 247. The first-order chi connectivity index (χ1) is 8.65. The van der Waals surface area contributed by atoms with Gasteiger partial charge >= 0.3 is 0 Å². The summed E-state index contributed by atoms with van der Waals surface area (Å²) in [5.74, 6) is 2.49. The highest BCUT2D eigenvalue weighted by Crippen LogP contribution is 2.39. The van der Waals surface area contributed by atoms with Gasteiger partial charge in [-0.05, 0) is 50.0 Å². The molecule has 2 rings (SSSR count). The predicted molar refractivity (Wildman–Crippen MR) is 78.5 cm³/mol. The van der Waals surface area contributed by atoms with Crippen molar-refractivity contribution in [3.8, 4) is 0 Å². The van der Waals surface area contributed by atoms with E-state index in [0.29, 0.717) is 0 Å². The Hall–Kier alpha value is -0.0800. The highest BCUT2D eigenvalue weighted by atomic mass is 15.2. The van der Waals surface area contributed by atoms with Crippen molar-refractivity contribution in [1.82, 2.24) is 4.90 Å². The van der Waals surface area contributed by atoms with Gasteiger partial charge in [0.25, 0.3) is 0 Å². The van der Waals surface area contributed by atoms with Crippen LogP contribution in [0.25, 0.3) is 0 Å². The number of rotatable bonds is 6. The van der Waals surface area contributed by atoms with Crippen LogP contribution in [0.4, 0.5) is 0 Å². The molecule has 2 saturated carbocycles. The Morgan fingerprint density at radius 1 is 1.17 bits per heavy atom. The van der Waals surface area contributed by atoms with Crippen molar-refractivity contribution < 1.29 is 0 Å². The summed E-state index contributed by atoms with van der Waals surface area (Å²) in [7, 11) is 0. The molecule has 2 aliphatic carbocycles. The van der Waals surface area contributed by atoms with Crippen molar-refractivity contribution in [3.05, 3.63) is 0 Å². The summed E-state index contributed by atoms with van der Waals surface area (Å²) >= 11 is 0. The minimum Gasteiger partial charge on any atom is -0.330 e. The van der Waals surface area contributed by atoms with Crippen LogP contribution < -0.4 is 5.73 Å². The van der Waals surface area contributed by atoms with Crippen LogP contribution in [0.2, 0.25) is 0 Å². The molecule has 2 nitrogen and oxygen atoms in total. The van der Waals surface area contributed by atoms with Crippen molar-refractivity contribution >= 4 is 0 Å². The number of nitrogens with two attached hydrogens (primary N) is 1. The topological polar surface area (TPSA) is 29.3 Å². The molecule has 106 valence electrons. The zero-order valence-electron chi connectivity index (χ0n) is 12.6. The second kappa shape index (κ2) is 6.38. The van der Waals surface area contributed by atoms with E-state index in [1.165, 1.54) is 45.1 Å². The SMILES string of the molecule is CCC1CCC(CN)C(N(CC(C)C)C2CC2)C1. The maximum absolute atomic E-state index is 6.04. The molecule has 0 saturated heterocycles. The third kappa shape index (κ3) is 3.48. The number of hydrogen-bond donors (Lipinski definition) is 1. The van der Waals surface area contributed by atoms with Gasteiger partial charge in [-0.1, -0.05) is 33.6 Å². The lowest BCUT2D eigenvalue weighted by Gasteiger charge is -2.43. The van der Waals surface area contributed by atoms with Gasteiger partial charge in [0, 0.05) is 18.6 Å². The van der Waals surface area contributed by atoms with Gasteiger partial charge in [-0.2, -0.15) is 0 Å². The maximum Gasteiger partial charge on any atom is 0.0141 e. The summed E-state index contributed by atoms with van der Waals surface area (Å²) in [5, 5.41) is 0. The van der Waals surface area contributed by atoms with Crippen LogP contribution in [0.5, 0.6) is 0 Å². The van der Waals surface area contributed by atoms with Gasteiger partial charge in [-0.25, -0.2) is 0 Å². The molecular formula is C16H32N2. The predicted octanol–water partition coefficient (Wildman–Crippen LogP) is 3.26. The van der Waals surface area contributed by atoms with Crippen LogP contribution in [0.1, 0.15) is 59.3 Å². The maximum atomic E-state index is 6.04. The van der Waals surface area contributed by atoms with Crippen molar-refractivity contribution in [2.24, 2.45) is 23.5 Å². The van der Waals surface area contributed by atoms with E-state index in [4.69, 9.17) is 5.73 Å². The highest BCUT2D eigenvalue weighted by molar-refractivity contribution is 4.94. The first-order valence-corrected chi connectivity index (χ1v) is 8.11. The Balaban J connectivity index is 2.03. The fraction of sp³-hybridized carbons (Fsp3) is 1.00. The standard InChI is InChI=1S/C16H32N2/c1-4-13-5-6-14(10-17)16(9-13)18(11-12(2)3)15-7-8-15/h12-16H,4-11,17H2,1-3H3. The molecule has 3 atom stereocenters. The number of nitrogens with zero attached hydrogens (tertiary/aromatic N) is 1. The summed E-state index contributed by atoms with van der Waals surface area (Å²) in [6.45, 7) is 9.24. The second-order valence-electron chi connectivity index (χ2n) is 6.97. The monoisotopic (exact) mass is 252 g/mol. The van der Waals surface area contributed by atoms with E-state index >= 15 is 0 Å². The molecule has 18 heavy (non-hydrogen) atoms. The van der Waals surface area contributed by atoms with Gasteiger partial charge in [0.1, 0.15) is 0 Å². The minimum atomic E-state index is 0.757. The van der Waals surface area contributed by atoms with E-state index in [1.54, 1.807) is 0 Å². The molecule has 2 heteroatoms. The fourth-order valence-electron chi connectivity index (χ4n) is 3.73. The summed E-state index contributed by atoms with van der Waals surface area (Å²) in [5.41, 5.74) is 6.04. The normalized spacial score (nSPS) is 33.3. The molecule has 3 unspecified atom stereocenters. The van der Waals surface area contributed by atoms with Crippen LogP contribution in [-0.4, -0.2) is 30.1 Å². The Kier molecular flexibility index (Phi) is 5.08. The molecule has 0 radical (unpaired) electrons. The molecule has 0 aromatic carbocycles. The Labute approximate surface area is 113 Å². The van der Waals surface area contributed by atoms with Gasteiger partial charge in [-0.15, -0.1) is 0 Å². The van der Waals surface area contributed by atoms with Crippen molar-refractivity contribution in [2.75, 3.05) is 13.1 Å². The van der Waals surface area contributed by atoms with Crippen LogP contribution in [-0.2, 0) is 0 Å². The molecule has 2 N–H and O–H groups in total. The lowest BCUT2D eigenvalue weighted by molar-refractivity contribution is 0.0644. The van der Waals surface area contributed by atoms with Crippen molar-refractivity contribution in [1.29, 1.82) is 0 Å². The minimum absolute atomic E-state index is 0.757. The average molecular weight is 252 g/mol. The zero-order valence-corrected chi connectivity index (χ0v) is 12.6. The molecular weight excluding hydrogens is 220 g/mol. The van der Waals surface area contributed by atoms with Crippen molar-refractivity contribution in [3.63, 3.8) is 0 Å². The highest BCUT2D eigenvalue weighted by Gasteiger charge is 2.39. The zero-order chi connectivity index (χ0) is 13.1. The molecule has 0 spiro atoms. The summed E-state index contributed by atoms with van der Waals surface area (Å²) < 4.78 is 0. The van der Waals surface area contributed by atoms with Crippen LogP contribution in [0.15, 0.2) is 0 Å².